The molecule has 0 aliphatic carbocycles. The summed E-state index contributed by atoms with van der Waals surface area (Å²) in [5, 5.41) is 16.0. The Hall–Kier alpha value is -1.79. The lowest BCUT2D eigenvalue weighted by Crippen LogP contribution is -2.13. The second-order valence-corrected chi connectivity index (χ2v) is 4.82. The second-order valence-electron chi connectivity index (χ2n) is 4.07. The summed E-state index contributed by atoms with van der Waals surface area (Å²) < 4.78 is 3.83. The number of anilines is 1. The van der Waals surface area contributed by atoms with E-state index in [0.717, 1.165) is 30.1 Å². The summed E-state index contributed by atoms with van der Waals surface area (Å²) in [6.45, 7) is 1.92. The Labute approximate surface area is 115 Å². The summed E-state index contributed by atoms with van der Waals surface area (Å²) in [5.74, 6) is -0.223. The average Bonchev–Trinajstić information content (AvgIpc) is 2.88. The lowest BCUT2D eigenvalue weighted by molar-refractivity contribution is 0.102. The molecule has 5 nitrogen and oxygen atoms in total. The highest BCUT2D eigenvalue weighted by atomic mass is 32.1. The second kappa shape index (κ2) is 6.40. The zero-order valence-electron chi connectivity index (χ0n) is 10.6. The zero-order valence-corrected chi connectivity index (χ0v) is 11.4. The molecule has 1 aromatic carbocycles. The topological polar surface area (TPSA) is 75.1 Å². The Morgan fingerprint density at radius 3 is 2.95 bits per heavy atom. The van der Waals surface area contributed by atoms with Crippen LogP contribution >= 0.6 is 11.5 Å². The van der Waals surface area contributed by atoms with Crippen LogP contribution in [0.25, 0.3) is 0 Å². The first-order valence-electron chi connectivity index (χ1n) is 6.07. The summed E-state index contributed by atoms with van der Waals surface area (Å²) in [5.41, 5.74) is 2.03. The third-order valence-electron chi connectivity index (χ3n) is 2.68. The summed E-state index contributed by atoms with van der Waals surface area (Å²) in [4.78, 5) is 12.7. The maximum Gasteiger partial charge on any atom is 0.269 e. The van der Waals surface area contributed by atoms with Gasteiger partial charge in [0.2, 0.25) is 0 Å². The normalized spacial score (nSPS) is 10.4. The molecule has 0 bridgehead atoms. The number of hydrogen-bond donors (Lipinski definition) is 2. The maximum atomic E-state index is 12.2. The molecule has 1 amide bonds. The largest absolute Gasteiger partial charge is 0.392 e. The molecule has 0 unspecified atom stereocenters. The van der Waals surface area contributed by atoms with Crippen LogP contribution in [0.5, 0.6) is 0 Å². The third-order valence-corrected chi connectivity index (χ3v) is 3.45. The molecule has 19 heavy (non-hydrogen) atoms. The number of nitrogens with zero attached hydrogens (tertiary/aromatic N) is 2. The molecule has 1 heterocycles. The fraction of sp³-hybridized carbons (Fsp3) is 0.308. The minimum absolute atomic E-state index is 0.112. The van der Waals surface area contributed by atoms with E-state index < -0.39 is 0 Å². The number of rotatable bonds is 5. The van der Waals surface area contributed by atoms with Crippen molar-refractivity contribution in [2.75, 3.05) is 5.32 Å². The summed E-state index contributed by atoms with van der Waals surface area (Å²) in [7, 11) is 0. The van der Waals surface area contributed by atoms with E-state index in [0.29, 0.717) is 16.1 Å². The fourth-order valence-electron chi connectivity index (χ4n) is 1.74. The van der Waals surface area contributed by atoms with Crippen LogP contribution in [0.1, 0.15) is 34.3 Å². The number of carbonyl (C=O) groups excluding carboxylic acids is 1. The molecule has 2 rings (SSSR count). The van der Waals surface area contributed by atoms with Crippen molar-refractivity contribution >= 4 is 23.1 Å². The first kappa shape index (κ1) is 13.6. The monoisotopic (exact) mass is 277 g/mol. The number of amides is 1. The van der Waals surface area contributed by atoms with Crippen molar-refractivity contribution in [3.05, 3.63) is 40.4 Å². The van der Waals surface area contributed by atoms with Gasteiger partial charge in [-0.3, -0.25) is 4.79 Å². The molecule has 0 saturated carbocycles. The number of carbonyl (C=O) groups is 1. The molecule has 0 fully saturated rings. The molecule has 2 N–H and O–H groups in total. The first-order valence-corrected chi connectivity index (χ1v) is 6.85. The van der Waals surface area contributed by atoms with Gasteiger partial charge in [-0.1, -0.05) is 36.0 Å². The van der Waals surface area contributed by atoms with Gasteiger partial charge in [-0.15, -0.1) is 5.10 Å². The van der Waals surface area contributed by atoms with Crippen LogP contribution in [-0.2, 0) is 13.0 Å². The molecule has 0 spiro atoms. The van der Waals surface area contributed by atoms with Crippen molar-refractivity contribution in [1.82, 2.24) is 9.59 Å². The number of para-hydroxylation sites is 1. The number of nitrogens with one attached hydrogen (secondary N) is 1. The molecule has 0 aliphatic heterocycles. The van der Waals surface area contributed by atoms with Gasteiger partial charge in [-0.25, -0.2) is 0 Å². The number of aliphatic hydroxyl groups excluding tert-OH is 1. The van der Waals surface area contributed by atoms with Crippen LogP contribution in [-0.4, -0.2) is 20.6 Å². The fourth-order valence-corrected chi connectivity index (χ4v) is 2.34. The first-order chi connectivity index (χ1) is 9.26. The Kier molecular flexibility index (Phi) is 4.59. The molecule has 0 atom stereocenters. The van der Waals surface area contributed by atoms with Crippen molar-refractivity contribution < 1.29 is 9.90 Å². The molecule has 0 aliphatic rings. The minimum atomic E-state index is -0.223. The molecular formula is C13H15N3O2S. The highest BCUT2D eigenvalue weighted by molar-refractivity contribution is 7.08. The van der Waals surface area contributed by atoms with Gasteiger partial charge in [0.05, 0.1) is 12.3 Å². The van der Waals surface area contributed by atoms with Gasteiger partial charge in [-0.2, -0.15) is 0 Å². The highest BCUT2D eigenvalue weighted by Crippen LogP contribution is 2.19. The van der Waals surface area contributed by atoms with Crippen LogP contribution in [0.2, 0.25) is 0 Å². The standard InChI is InChI=1S/C13H15N3O2S/c1-2-5-11-12(19-16-15-11)13(18)14-10-7-4-3-6-9(10)8-17/h3-4,6-7,17H,2,5,8H2,1H3,(H,14,18). The highest BCUT2D eigenvalue weighted by Gasteiger charge is 2.16. The van der Waals surface area contributed by atoms with Crippen molar-refractivity contribution in [2.24, 2.45) is 0 Å². The van der Waals surface area contributed by atoms with Crippen molar-refractivity contribution in [3.63, 3.8) is 0 Å². The molecule has 6 heteroatoms. The summed E-state index contributed by atoms with van der Waals surface area (Å²) >= 11 is 1.09. The SMILES string of the molecule is CCCc1nnsc1C(=O)Nc1ccccc1CO. The lowest BCUT2D eigenvalue weighted by Gasteiger charge is -2.08. The Balaban J connectivity index is 2.18. The number of aliphatic hydroxyl groups is 1. The van der Waals surface area contributed by atoms with Gasteiger partial charge in [0, 0.05) is 11.3 Å². The van der Waals surface area contributed by atoms with Crippen molar-refractivity contribution in [1.29, 1.82) is 0 Å². The van der Waals surface area contributed by atoms with Gasteiger partial charge >= 0.3 is 0 Å². The molecule has 2 aromatic rings. The summed E-state index contributed by atoms with van der Waals surface area (Å²) in [6.07, 6.45) is 1.65. The smallest absolute Gasteiger partial charge is 0.269 e. The Morgan fingerprint density at radius 2 is 2.21 bits per heavy atom. The van der Waals surface area contributed by atoms with Gasteiger partial charge < -0.3 is 10.4 Å². The number of benzene rings is 1. The Bertz CT molecular complexity index is 569. The molecule has 0 saturated heterocycles. The molecular weight excluding hydrogens is 262 g/mol. The third kappa shape index (κ3) is 3.15. The Morgan fingerprint density at radius 1 is 1.42 bits per heavy atom. The quantitative estimate of drug-likeness (QED) is 0.879. The van der Waals surface area contributed by atoms with Crippen LogP contribution in [0.3, 0.4) is 0 Å². The number of aryl methyl sites for hydroxylation is 1. The van der Waals surface area contributed by atoms with Gasteiger partial charge in [0.1, 0.15) is 4.88 Å². The van der Waals surface area contributed by atoms with Gasteiger partial charge in [0.25, 0.3) is 5.91 Å². The maximum absolute atomic E-state index is 12.2. The van der Waals surface area contributed by atoms with E-state index >= 15 is 0 Å². The van der Waals surface area contributed by atoms with E-state index in [4.69, 9.17) is 0 Å². The molecule has 0 radical (unpaired) electrons. The van der Waals surface area contributed by atoms with Crippen LogP contribution < -0.4 is 5.32 Å². The van der Waals surface area contributed by atoms with E-state index in [1.54, 1.807) is 12.1 Å². The average molecular weight is 277 g/mol. The number of hydrogen-bond acceptors (Lipinski definition) is 5. The number of aromatic nitrogens is 2. The van der Waals surface area contributed by atoms with Crippen molar-refractivity contribution in [3.8, 4) is 0 Å². The predicted octanol–water partition coefficient (Wildman–Crippen LogP) is 2.24. The van der Waals surface area contributed by atoms with Crippen LogP contribution in [0, 0.1) is 0 Å². The molecule has 100 valence electrons. The van der Waals surface area contributed by atoms with Crippen LogP contribution in [0.15, 0.2) is 24.3 Å². The lowest BCUT2D eigenvalue weighted by atomic mass is 10.2. The van der Waals surface area contributed by atoms with Gasteiger partial charge in [-0.05, 0) is 24.0 Å². The molecule has 1 aromatic heterocycles. The van der Waals surface area contributed by atoms with Crippen molar-refractivity contribution in [2.45, 2.75) is 26.4 Å². The van der Waals surface area contributed by atoms with Gasteiger partial charge in [0.15, 0.2) is 0 Å². The van der Waals surface area contributed by atoms with E-state index in [2.05, 4.69) is 14.9 Å². The van der Waals surface area contributed by atoms with Crippen LogP contribution in [0.4, 0.5) is 5.69 Å². The van der Waals surface area contributed by atoms with E-state index in [1.807, 2.05) is 19.1 Å². The summed E-state index contributed by atoms with van der Waals surface area (Å²) in [6, 6.07) is 7.16. The predicted molar refractivity (Wildman–Crippen MR) is 74.2 cm³/mol. The minimum Gasteiger partial charge on any atom is -0.392 e. The van der Waals surface area contributed by atoms with E-state index in [9.17, 15) is 9.90 Å². The van der Waals surface area contributed by atoms with E-state index in [1.165, 1.54) is 0 Å². The van der Waals surface area contributed by atoms with E-state index in [-0.39, 0.29) is 12.5 Å². The zero-order chi connectivity index (χ0) is 13.7.